The summed E-state index contributed by atoms with van der Waals surface area (Å²) < 4.78 is 46.3. The second-order valence-electron chi connectivity index (χ2n) is 9.00. The van der Waals surface area contributed by atoms with E-state index in [0.717, 1.165) is 0 Å². The van der Waals surface area contributed by atoms with Gasteiger partial charge in [0.05, 0.1) is 35.9 Å². The van der Waals surface area contributed by atoms with Crippen molar-refractivity contribution in [1.82, 2.24) is 9.97 Å². The SMILES string of the molecule is COc1ccc(Cl)c(Oc2c(C)nc(N3CCOCC3)nc2N(CC(C)C)S(=O)(=O)c2ccccc2)c1. The summed E-state index contributed by atoms with van der Waals surface area (Å²) in [5.41, 5.74) is 0.474. The summed E-state index contributed by atoms with van der Waals surface area (Å²) in [6.07, 6.45) is 0. The highest BCUT2D eigenvalue weighted by atomic mass is 35.5. The fourth-order valence-corrected chi connectivity index (χ4v) is 5.63. The van der Waals surface area contributed by atoms with Gasteiger partial charge in [-0.1, -0.05) is 43.6 Å². The molecule has 1 aromatic heterocycles. The predicted molar refractivity (Wildman–Crippen MR) is 144 cm³/mol. The number of hydrogen-bond donors (Lipinski definition) is 0. The Morgan fingerprint density at radius 1 is 1.11 bits per heavy atom. The van der Waals surface area contributed by atoms with Crippen LogP contribution in [0.25, 0.3) is 0 Å². The van der Waals surface area contributed by atoms with Crippen LogP contribution in [-0.4, -0.2) is 58.3 Å². The molecule has 3 aromatic rings. The first-order valence-corrected chi connectivity index (χ1v) is 13.8. The van der Waals surface area contributed by atoms with Crippen LogP contribution in [0.5, 0.6) is 17.2 Å². The third-order valence-electron chi connectivity index (χ3n) is 5.75. The predicted octanol–water partition coefficient (Wildman–Crippen LogP) is 4.93. The molecular weight excluding hydrogens is 516 g/mol. The number of morpholine rings is 1. The van der Waals surface area contributed by atoms with Crippen molar-refractivity contribution in [2.24, 2.45) is 5.92 Å². The fraction of sp³-hybridized carbons (Fsp3) is 0.385. The van der Waals surface area contributed by atoms with Gasteiger partial charge in [0.1, 0.15) is 11.5 Å². The molecule has 0 bridgehead atoms. The Labute approximate surface area is 223 Å². The van der Waals surface area contributed by atoms with Crippen molar-refractivity contribution in [2.75, 3.05) is 49.2 Å². The van der Waals surface area contributed by atoms with Crippen LogP contribution >= 0.6 is 11.6 Å². The van der Waals surface area contributed by atoms with E-state index in [1.807, 2.05) is 18.7 Å². The summed E-state index contributed by atoms with van der Waals surface area (Å²) in [7, 11) is -2.45. The monoisotopic (exact) mass is 546 g/mol. The number of aromatic nitrogens is 2. The minimum atomic E-state index is -3.99. The van der Waals surface area contributed by atoms with Crippen molar-refractivity contribution >= 4 is 33.4 Å². The van der Waals surface area contributed by atoms with E-state index >= 15 is 0 Å². The van der Waals surface area contributed by atoms with Gasteiger partial charge in [0, 0.05) is 25.7 Å². The van der Waals surface area contributed by atoms with Crippen molar-refractivity contribution in [3.05, 3.63) is 59.2 Å². The van der Waals surface area contributed by atoms with Crippen molar-refractivity contribution in [3.63, 3.8) is 0 Å². The van der Waals surface area contributed by atoms with Crippen molar-refractivity contribution in [2.45, 2.75) is 25.7 Å². The molecule has 0 aliphatic carbocycles. The van der Waals surface area contributed by atoms with Crippen LogP contribution < -0.4 is 18.7 Å². The average Bonchev–Trinajstić information content (AvgIpc) is 2.90. The Kier molecular flexibility index (Phi) is 8.41. The highest BCUT2D eigenvalue weighted by molar-refractivity contribution is 7.92. The molecule has 0 unspecified atom stereocenters. The summed E-state index contributed by atoms with van der Waals surface area (Å²) in [5, 5.41) is 0.338. The number of sulfonamides is 1. The Balaban J connectivity index is 1.91. The molecule has 198 valence electrons. The zero-order valence-corrected chi connectivity index (χ0v) is 22.9. The van der Waals surface area contributed by atoms with Crippen molar-refractivity contribution < 1.29 is 22.6 Å². The molecule has 0 saturated carbocycles. The van der Waals surface area contributed by atoms with Gasteiger partial charge in [-0.05, 0) is 37.1 Å². The third-order valence-corrected chi connectivity index (χ3v) is 7.83. The third kappa shape index (κ3) is 6.08. The molecule has 1 saturated heterocycles. The standard InChI is InChI=1S/C26H31ClN4O5S/c1-18(2)17-31(37(32,33)21-8-6-5-7-9-21)25-24(36-23-16-20(34-4)10-11-22(23)27)19(3)28-26(29-25)30-12-14-35-15-13-30/h5-11,16,18H,12-15,17H2,1-4H3. The summed E-state index contributed by atoms with van der Waals surface area (Å²) in [4.78, 5) is 11.6. The number of hydrogen-bond acceptors (Lipinski definition) is 8. The number of nitrogens with zero attached hydrogens (tertiary/aromatic N) is 4. The maximum Gasteiger partial charge on any atom is 0.265 e. The van der Waals surface area contributed by atoms with Gasteiger partial charge >= 0.3 is 0 Å². The molecule has 11 heteroatoms. The molecule has 2 aromatic carbocycles. The van der Waals surface area contributed by atoms with E-state index in [2.05, 4.69) is 4.98 Å². The van der Waals surface area contributed by atoms with Crippen LogP contribution in [-0.2, 0) is 14.8 Å². The van der Waals surface area contributed by atoms with Crippen LogP contribution in [0, 0.1) is 12.8 Å². The molecular formula is C26H31ClN4O5S. The summed E-state index contributed by atoms with van der Waals surface area (Å²) in [6.45, 7) is 8.10. The molecule has 0 spiro atoms. The highest BCUT2D eigenvalue weighted by Gasteiger charge is 2.32. The molecule has 1 fully saturated rings. The Morgan fingerprint density at radius 2 is 1.81 bits per heavy atom. The molecule has 2 heterocycles. The molecule has 4 rings (SSSR count). The maximum atomic E-state index is 14.0. The Hall–Kier alpha value is -3.08. The lowest BCUT2D eigenvalue weighted by Gasteiger charge is -2.31. The first-order valence-electron chi connectivity index (χ1n) is 12.0. The first kappa shape index (κ1) is 27.0. The van der Waals surface area contributed by atoms with E-state index in [0.29, 0.717) is 54.5 Å². The Morgan fingerprint density at radius 3 is 2.46 bits per heavy atom. The number of halogens is 1. The van der Waals surface area contributed by atoms with Crippen LogP contribution in [0.4, 0.5) is 11.8 Å². The molecule has 0 amide bonds. The van der Waals surface area contributed by atoms with E-state index in [9.17, 15) is 8.42 Å². The molecule has 1 aliphatic rings. The number of methoxy groups -OCH3 is 1. The van der Waals surface area contributed by atoms with Crippen LogP contribution in [0.3, 0.4) is 0 Å². The van der Waals surface area contributed by atoms with Crippen LogP contribution in [0.2, 0.25) is 5.02 Å². The van der Waals surface area contributed by atoms with E-state index in [1.54, 1.807) is 62.6 Å². The lowest BCUT2D eigenvalue weighted by atomic mass is 10.2. The van der Waals surface area contributed by atoms with Gasteiger partial charge in [-0.2, -0.15) is 4.98 Å². The van der Waals surface area contributed by atoms with Crippen LogP contribution in [0.1, 0.15) is 19.5 Å². The zero-order valence-electron chi connectivity index (χ0n) is 21.3. The number of anilines is 2. The topological polar surface area (TPSA) is 94.1 Å². The molecule has 0 N–H and O–H groups in total. The maximum absolute atomic E-state index is 14.0. The van der Waals surface area contributed by atoms with E-state index in [4.69, 9.17) is 30.8 Å². The number of rotatable bonds is 9. The van der Waals surface area contributed by atoms with E-state index in [1.165, 1.54) is 4.31 Å². The minimum absolute atomic E-state index is 0.00569. The van der Waals surface area contributed by atoms with Gasteiger partial charge in [0.25, 0.3) is 10.0 Å². The molecule has 0 radical (unpaired) electrons. The second kappa shape index (κ2) is 11.5. The summed E-state index contributed by atoms with van der Waals surface area (Å²) in [6, 6.07) is 13.3. The smallest absolute Gasteiger partial charge is 0.265 e. The first-order chi connectivity index (χ1) is 17.7. The van der Waals surface area contributed by atoms with Gasteiger partial charge < -0.3 is 19.1 Å². The molecule has 1 aliphatic heterocycles. The number of ether oxygens (including phenoxy) is 3. The highest BCUT2D eigenvalue weighted by Crippen LogP contribution is 2.40. The van der Waals surface area contributed by atoms with E-state index in [-0.39, 0.29) is 28.9 Å². The van der Waals surface area contributed by atoms with Crippen molar-refractivity contribution in [1.29, 1.82) is 0 Å². The quantitative estimate of drug-likeness (QED) is 0.373. The summed E-state index contributed by atoms with van der Waals surface area (Å²) >= 11 is 6.44. The fourth-order valence-electron chi connectivity index (χ4n) is 3.87. The van der Waals surface area contributed by atoms with Crippen molar-refractivity contribution in [3.8, 4) is 17.2 Å². The number of aryl methyl sites for hydroxylation is 1. The van der Waals surface area contributed by atoms with Gasteiger partial charge in [-0.25, -0.2) is 17.7 Å². The van der Waals surface area contributed by atoms with Crippen LogP contribution in [0.15, 0.2) is 53.4 Å². The van der Waals surface area contributed by atoms with Gasteiger partial charge in [-0.3, -0.25) is 0 Å². The second-order valence-corrected chi connectivity index (χ2v) is 11.3. The Bertz CT molecular complexity index is 1330. The normalized spacial score (nSPS) is 14.1. The summed E-state index contributed by atoms with van der Waals surface area (Å²) in [5.74, 6) is 1.60. The average molecular weight is 547 g/mol. The number of benzene rings is 2. The largest absolute Gasteiger partial charge is 0.497 e. The van der Waals surface area contributed by atoms with Gasteiger partial charge in [0.2, 0.25) is 5.95 Å². The molecule has 37 heavy (non-hydrogen) atoms. The van der Waals surface area contributed by atoms with E-state index < -0.39 is 10.0 Å². The van der Waals surface area contributed by atoms with Gasteiger partial charge in [0.15, 0.2) is 11.6 Å². The molecule has 0 atom stereocenters. The minimum Gasteiger partial charge on any atom is -0.497 e. The molecule has 9 nitrogen and oxygen atoms in total. The van der Waals surface area contributed by atoms with Gasteiger partial charge in [-0.15, -0.1) is 0 Å². The lowest BCUT2D eigenvalue weighted by Crippen LogP contribution is -2.39. The lowest BCUT2D eigenvalue weighted by molar-refractivity contribution is 0.122. The zero-order chi connectivity index (χ0) is 26.6.